The van der Waals surface area contributed by atoms with E-state index in [1.807, 2.05) is 11.0 Å². The quantitative estimate of drug-likeness (QED) is 0.775. The van der Waals surface area contributed by atoms with Crippen molar-refractivity contribution >= 4 is 6.41 Å². The zero-order valence-corrected chi connectivity index (χ0v) is 12.8. The van der Waals surface area contributed by atoms with Crippen LogP contribution < -0.4 is 4.74 Å². The number of fused-ring (bicyclic) bond motifs is 2. The average molecular weight is 273 g/mol. The van der Waals surface area contributed by atoms with Crippen molar-refractivity contribution in [2.75, 3.05) is 13.7 Å². The highest BCUT2D eigenvalue weighted by molar-refractivity contribution is 5.54. The average Bonchev–Trinajstić information content (AvgIpc) is 2.77. The Hall–Kier alpha value is -1.51. The number of ether oxygens (including phenoxy) is 1. The monoisotopic (exact) mass is 273 g/mol. The summed E-state index contributed by atoms with van der Waals surface area (Å²) in [6, 6.07) is 6.61. The van der Waals surface area contributed by atoms with Crippen molar-refractivity contribution < 1.29 is 9.53 Å². The van der Waals surface area contributed by atoms with Crippen molar-refractivity contribution in [3.05, 3.63) is 29.3 Å². The summed E-state index contributed by atoms with van der Waals surface area (Å²) in [6.45, 7) is 7.82. The molecule has 1 amide bonds. The number of carbonyl (C=O) groups is 1. The van der Waals surface area contributed by atoms with Gasteiger partial charge < -0.3 is 9.64 Å². The van der Waals surface area contributed by atoms with Gasteiger partial charge in [-0.15, -0.1) is 0 Å². The van der Waals surface area contributed by atoms with E-state index < -0.39 is 0 Å². The number of nitrogens with zero attached hydrogens (tertiary/aromatic N) is 1. The Labute approximate surface area is 120 Å². The van der Waals surface area contributed by atoms with E-state index in [-0.39, 0.29) is 16.9 Å². The molecule has 1 heterocycles. The minimum absolute atomic E-state index is 0.0392. The first-order chi connectivity index (χ1) is 9.45. The molecule has 20 heavy (non-hydrogen) atoms. The Morgan fingerprint density at radius 3 is 2.75 bits per heavy atom. The summed E-state index contributed by atoms with van der Waals surface area (Å²) < 4.78 is 5.55. The summed E-state index contributed by atoms with van der Waals surface area (Å²) in [5.74, 6) is 0.954. The van der Waals surface area contributed by atoms with Gasteiger partial charge in [-0.3, -0.25) is 4.79 Å². The first-order valence-corrected chi connectivity index (χ1v) is 7.33. The third-order valence-electron chi connectivity index (χ3n) is 6.01. The molecule has 1 aromatic rings. The van der Waals surface area contributed by atoms with E-state index in [4.69, 9.17) is 4.74 Å². The molecule has 3 heteroatoms. The van der Waals surface area contributed by atoms with Gasteiger partial charge in [0.1, 0.15) is 5.75 Å². The van der Waals surface area contributed by atoms with Crippen LogP contribution in [0.1, 0.15) is 38.3 Å². The van der Waals surface area contributed by atoms with Gasteiger partial charge in [0.15, 0.2) is 0 Å². The molecule has 3 rings (SSSR count). The van der Waals surface area contributed by atoms with E-state index >= 15 is 0 Å². The molecule has 1 aromatic carbocycles. The van der Waals surface area contributed by atoms with Crippen LogP contribution in [-0.4, -0.2) is 31.0 Å². The molecule has 0 saturated carbocycles. The first-order valence-electron chi connectivity index (χ1n) is 7.33. The summed E-state index contributed by atoms with van der Waals surface area (Å²) in [6.07, 6.45) is 2.99. The van der Waals surface area contributed by atoms with Gasteiger partial charge in [-0.25, -0.2) is 0 Å². The molecule has 1 saturated heterocycles. The molecular formula is C17H23NO2. The standard InChI is InChI=1S/C17H23NO2/c1-16(2)13-6-5-7-14(20-4)12(13)10-15-17(16,3)8-9-18(15)11-19/h5-7,11,15H,8-10H2,1-4H3/t15-,17+/m0/s1. The fourth-order valence-corrected chi connectivity index (χ4v) is 4.30. The van der Waals surface area contributed by atoms with Crippen molar-refractivity contribution in [2.24, 2.45) is 5.41 Å². The summed E-state index contributed by atoms with van der Waals surface area (Å²) in [5, 5.41) is 0. The Bertz CT molecular complexity index is 552. The molecule has 1 fully saturated rings. The molecule has 0 spiro atoms. The van der Waals surface area contributed by atoms with Crippen molar-refractivity contribution in [1.82, 2.24) is 4.90 Å². The molecule has 0 bridgehead atoms. The Morgan fingerprint density at radius 1 is 1.35 bits per heavy atom. The SMILES string of the molecule is COc1cccc2c1C[C@@H]1N(C=O)CC[C@@]1(C)C2(C)C. The Balaban J connectivity index is 2.19. The second-order valence-electron chi connectivity index (χ2n) is 6.84. The number of rotatable bonds is 2. The molecule has 2 aliphatic rings. The van der Waals surface area contributed by atoms with Crippen LogP contribution in [0.5, 0.6) is 5.75 Å². The lowest BCUT2D eigenvalue weighted by atomic mass is 9.54. The number of benzene rings is 1. The van der Waals surface area contributed by atoms with Crippen LogP contribution in [0.15, 0.2) is 18.2 Å². The maximum Gasteiger partial charge on any atom is 0.209 e. The molecule has 1 aliphatic carbocycles. The second kappa shape index (κ2) is 4.24. The maximum atomic E-state index is 11.4. The van der Waals surface area contributed by atoms with Gasteiger partial charge in [0, 0.05) is 12.6 Å². The van der Waals surface area contributed by atoms with Crippen LogP contribution in [0.25, 0.3) is 0 Å². The lowest BCUT2D eigenvalue weighted by molar-refractivity contribution is -0.120. The number of amides is 1. The summed E-state index contributed by atoms with van der Waals surface area (Å²) >= 11 is 0. The number of likely N-dealkylation sites (tertiary alicyclic amines) is 1. The third kappa shape index (κ3) is 1.49. The molecule has 0 unspecified atom stereocenters. The van der Waals surface area contributed by atoms with Crippen LogP contribution in [0.3, 0.4) is 0 Å². The van der Waals surface area contributed by atoms with Gasteiger partial charge in [-0.05, 0) is 40.9 Å². The fraction of sp³-hybridized carbons (Fsp3) is 0.588. The van der Waals surface area contributed by atoms with E-state index in [2.05, 4.69) is 32.9 Å². The van der Waals surface area contributed by atoms with Gasteiger partial charge >= 0.3 is 0 Å². The van der Waals surface area contributed by atoms with Gasteiger partial charge in [0.25, 0.3) is 0 Å². The van der Waals surface area contributed by atoms with Crippen LogP contribution in [0.4, 0.5) is 0 Å². The smallest absolute Gasteiger partial charge is 0.209 e. The van der Waals surface area contributed by atoms with Crippen LogP contribution in [0.2, 0.25) is 0 Å². The van der Waals surface area contributed by atoms with Gasteiger partial charge in [-0.2, -0.15) is 0 Å². The Morgan fingerprint density at radius 2 is 2.10 bits per heavy atom. The number of hydrogen-bond acceptors (Lipinski definition) is 2. The van der Waals surface area contributed by atoms with Crippen LogP contribution in [-0.2, 0) is 16.6 Å². The molecule has 1 aliphatic heterocycles. The summed E-state index contributed by atoms with van der Waals surface area (Å²) in [5.41, 5.74) is 2.82. The first kappa shape index (κ1) is 13.5. The Kier molecular flexibility index (Phi) is 2.86. The van der Waals surface area contributed by atoms with Crippen molar-refractivity contribution in [3.8, 4) is 5.75 Å². The molecule has 108 valence electrons. The lowest BCUT2D eigenvalue weighted by Crippen LogP contribution is -2.53. The molecule has 0 N–H and O–H groups in total. The third-order valence-corrected chi connectivity index (χ3v) is 6.01. The highest BCUT2D eigenvalue weighted by Gasteiger charge is 2.56. The predicted molar refractivity (Wildman–Crippen MR) is 79.0 cm³/mol. The largest absolute Gasteiger partial charge is 0.496 e. The van der Waals surface area contributed by atoms with E-state index in [9.17, 15) is 4.79 Å². The summed E-state index contributed by atoms with van der Waals surface area (Å²) in [7, 11) is 1.72. The second-order valence-corrected chi connectivity index (χ2v) is 6.84. The van der Waals surface area contributed by atoms with E-state index in [0.717, 1.165) is 31.5 Å². The molecule has 2 atom stereocenters. The minimum atomic E-state index is 0.0392. The van der Waals surface area contributed by atoms with Gasteiger partial charge in [0.2, 0.25) is 6.41 Å². The number of hydrogen-bond donors (Lipinski definition) is 0. The van der Waals surface area contributed by atoms with E-state index in [1.54, 1.807) is 7.11 Å². The molecule has 0 aromatic heterocycles. The molecular weight excluding hydrogens is 250 g/mol. The summed E-state index contributed by atoms with van der Waals surface area (Å²) in [4.78, 5) is 13.4. The number of carbonyl (C=O) groups excluding carboxylic acids is 1. The zero-order valence-electron chi connectivity index (χ0n) is 12.8. The van der Waals surface area contributed by atoms with Crippen LogP contribution >= 0.6 is 0 Å². The van der Waals surface area contributed by atoms with E-state index in [1.165, 1.54) is 11.1 Å². The lowest BCUT2D eigenvalue weighted by Gasteiger charge is -2.51. The highest BCUT2D eigenvalue weighted by Crippen LogP contribution is 2.57. The fourth-order valence-electron chi connectivity index (χ4n) is 4.30. The predicted octanol–water partition coefficient (Wildman–Crippen LogP) is 2.77. The normalized spacial score (nSPS) is 30.6. The topological polar surface area (TPSA) is 29.5 Å². The zero-order chi connectivity index (χ0) is 14.5. The van der Waals surface area contributed by atoms with Gasteiger partial charge in [0.05, 0.1) is 7.11 Å². The highest BCUT2D eigenvalue weighted by atomic mass is 16.5. The number of methoxy groups -OCH3 is 1. The van der Waals surface area contributed by atoms with E-state index in [0.29, 0.717) is 0 Å². The van der Waals surface area contributed by atoms with Gasteiger partial charge in [-0.1, -0.05) is 32.9 Å². The van der Waals surface area contributed by atoms with Crippen molar-refractivity contribution in [1.29, 1.82) is 0 Å². The van der Waals surface area contributed by atoms with Crippen LogP contribution in [0, 0.1) is 5.41 Å². The molecule has 0 radical (unpaired) electrons. The minimum Gasteiger partial charge on any atom is -0.496 e. The van der Waals surface area contributed by atoms with Crippen molar-refractivity contribution in [2.45, 2.75) is 45.1 Å². The molecule has 3 nitrogen and oxygen atoms in total. The van der Waals surface area contributed by atoms with Crippen molar-refractivity contribution in [3.63, 3.8) is 0 Å². The maximum absolute atomic E-state index is 11.4.